The second-order valence-corrected chi connectivity index (χ2v) is 5.10. The van der Waals surface area contributed by atoms with Gasteiger partial charge in [-0.05, 0) is 26.8 Å². The lowest BCUT2D eigenvalue weighted by Gasteiger charge is -2.18. The number of amides is 1. The van der Waals surface area contributed by atoms with E-state index in [9.17, 15) is 14.9 Å². The van der Waals surface area contributed by atoms with Gasteiger partial charge in [-0.3, -0.25) is 15.4 Å². The number of anilines is 1. The van der Waals surface area contributed by atoms with Crippen LogP contribution in [0.2, 0.25) is 0 Å². The summed E-state index contributed by atoms with van der Waals surface area (Å²) >= 11 is 0. The highest BCUT2D eigenvalue weighted by molar-refractivity contribution is 5.97. The van der Waals surface area contributed by atoms with Crippen molar-refractivity contribution < 1.29 is 19.0 Å². The van der Waals surface area contributed by atoms with Crippen LogP contribution in [-0.4, -0.2) is 21.8 Å². The molecule has 0 bridgehead atoms. The van der Waals surface area contributed by atoms with Gasteiger partial charge in [-0.2, -0.15) is 0 Å². The third-order valence-corrected chi connectivity index (χ3v) is 2.28. The Balaban J connectivity index is 2.28. The summed E-state index contributed by atoms with van der Waals surface area (Å²) in [5, 5.41) is 17.1. The monoisotopic (exact) mass is 279 g/mol. The number of rotatable bonds is 2. The standard InChI is InChI=1S/C12H13N3O5/c1-12(2,3)19-11(16)13-10-8-6-7(15(17)18)4-5-9(8)20-14-10/h4-6H,1-3H3,(H,13,14,16). The van der Waals surface area contributed by atoms with Crippen LogP contribution in [-0.2, 0) is 4.74 Å². The molecule has 0 unspecified atom stereocenters. The minimum Gasteiger partial charge on any atom is -0.444 e. The molecule has 0 aliphatic carbocycles. The van der Waals surface area contributed by atoms with Crippen molar-refractivity contribution in [2.75, 3.05) is 5.32 Å². The number of carbonyl (C=O) groups is 1. The molecule has 0 aliphatic heterocycles. The number of benzene rings is 1. The van der Waals surface area contributed by atoms with Gasteiger partial charge in [-0.25, -0.2) is 4.79 Å². The lowest BCUT2D eigenvalue weighted by molar-refractivity contribution is -0.384. The fourth-order valence-corrected chi connectivity index (χ4v) is 1.53. The molecule has 20 heavy (non-hydrogen) atoms. The topological polar surface area (TPSA) is 108 Å². The normalized spacial score (nSPS) is 11.3. The predicted octanol–water partition coefficient (Wildman–Crippen LogP) is 3.08. The number of nitrogens with one attached hydrogen (secondary N) is 1. The van der Waals surface area contributed by atoms with Crippen molar-refractivity contribution in [1.82, 2.24) is 5.16 Å². The highest BCUT2D eigenvalue weighted by atomic mass is 16.6. The van der Waals surface area contributed by atoms with E-state index in [0.717, 1.165) is 0 Å². The smallest absolute Gasteiger partial charge is 0.413 e. The number of hydrogen-bond acceptors (Lipinski definition) is 6. The summed E-state index contributed by atoms with van der Waals surface area (Å²) in [5.74, 6) is 0.0814. The average Bonchev–Trinajstić information content (AvgIpc) is 2.69. The van der Waals surface area contributed by atoms with Gasteiger partial charge >= 0.3 is 6.09 Å². The fourth-order valence-electron chi connectivity index (χ4n) is 1.53. The van der Waals surface area contributed by atoms with E-state index in [4.69, 9.17) is 9.26 Å². The third-order valence-electron chi connectivity index (χ3n) is 2.28. The zero-order chi connectivity index (χ0) is 14.9. The van der Waals surface area contributed by atoms with Crippen LogP contribution in [0.4, 0.5) is 16.3 Å². The predicted molar refractivity (Wildman–Crippen MR) is 70.5 cm³/mol. The fraction of sp³-hybridized carbons (Fsp3) is 0.333. The molecule has 106 valence electrons. The van der Waals surface area contributed by atoms with E-state index in [1.54, 1.807) is 20.8 Å². The number of carbonyl (C=O) groups excluding carboxylic acids is 1. The molecule has 1 heterocycles. The van der Waals surface area contributed by atoms with Crippen LogP contribution < -0.4 is 5.32 Å². The summed E-state index contributed by atoms with van der Waals surface area (Å²) in [6, 6.07) is 3.99. The number of non-ortho nitro benzene ring substituents is 1. The minimum absolute atomic E-state index is 0.0814. The number of ether oxygens (including phenoxy) is 1. The first-order valence-corrected chi connectivity index (χ1v) is 5.80. The van der Waals surface area contributed by atoms with E-state index in [-0.39, 0.29) is 11.5 Å². The molecule has 0 fully saturated rings. The number of fused-ring (bicyclic) bond motifs is 1. The van der Waals surface area contributed by atoms with Crippen molar-refractivity contribution in [3.63, 3.8) is 0 Å². The maximum atomic E-state index is 11.6. The number of aromatic nitrogens is 1. The van der Waals surface area contributed by atoms with Crippen molar-refractivity contribution in [2.45, 2.75) is 26.4 Å². The Morgan fingerprint density at radius 1 is 1.45 bits per heavy atom. The van der Waals surface area contributed by atoms with Crippen molar-refractivity contribution in [1.29, 1.82) is 0 Å². The lowest BCUT2D eigenvalue weighted by Crippen LogP contribution is -2.27. The van der Waals surface area contributed by atoms with E-state index in [1.165, 1.54) is 18.2 Å². The molecule has 0 saturated carbocycles. The van der Waals surface area contributed by atoms with Crippen molar-refractivity contribution in [3.8, 4) is 0 Å². The van der Waals surface area contributed by atoms with E-state index in [1.807, 2.05) is 0 Å². The Kier molecular flexibility index (Phi) is 3.31. The van der Waals surface area contributed by atoms with Crippen LogP contribution in [0.25, 0.3) is 11.0 Å². The summed E-state index contributed by atoms with van der Waals surface area (Å²) < 4.78 is 10.0. The van der Waals surface area contributed by atoms with Gasteiger partial charge in [0.15, 0.2) is 11.4 Å². The Morgan fingerprint density at radius 2 is 2.15 bits per heavy atom. The van der Waals surface area contributed by atoms with Crippen LogP contribution in [0.15, 0.2) is 22.7 Å². The maximum absolute atomic E-state index is 11.6. The van der Waals surface area contributed by atoms with Crippen LogP contribution >= 0.6 is 0 Å². The number of nitro groups is 1. The van der Waals surface area contributed by atoms with Gasteiger partial charge in [0.05, 0.1) is 10.3 Å². The van der Waals surface area contributed by atoms with E-state index in [2.05, 4.69) is 10.5 Å². The van der Waals surface area contributed by atoms with E-state index < -0.39 is 16.6 Å². The Bertz CT molecular complexity index is 671. The molecule has 8 nitrogen and oxygen atoms in total. The quantitative estimate of drug-likeness (QED) is 0.668. The molecule has 2 aromatic rings. The largest absolute Gasteiger partial charge is 0.444 e. The Morgan fingerprint density at radius 3 is 2.75 bits per heavy atom. The second kappa shape index (κ2) is 4.80. The van der Waals surface area contributed by atoms with Crippen molar-refractivity contribution in [3.05, 3.63) is 28.3 Å². The van der Waals surface area contributed by atoms with Crippen molar-refractivity contribution in [2.24, 2.45) is 0 Å². The zero-order valence-electron chi connectivity index (χ0n) is 11.2. The first-order chi connectivity index (χ1) is 9.26. The Labute approximate surface area is 113 Å². The SMILES string of the molecule is CC(C)(C)OC(=O)Nc1noc2ccc([N+](=O)[O-])cc12. The summed E-state index contributed by atoms with van der Waals surface area (Å²) in [4.78, 5) is 21.8. The molecule has 0 radical (unpaired) electrons. The van der Waals surface area contributed by atoms with Gasteiger partial charge in [-0.1, -0.05) is 5.16 Å². The summed E-state index contributed by atoms with van der Waals surface area (Å²) in [5.41, 5.74) is -0.440. The molecule has 8 heteroatoms. The lowest BCUT2D eigenvalue weighted by atomic mass is 10.2. The van der Waals surface area contributed by atoms with E-state index >= 15 is 0 Å². The molecule has 1 N–H and O–H groups in total. The van der Waals surface area contributed by atoms with Gasteiger partial charge in [-0.15, -0.1) is 0 Å². The van der Waals surface area contributed by atoms with Crippen LogP contribution in [0.1, 0.15) is 20.8 Å². The van der Waals surface area contributed by atoms with Gasteiger partial charge in [0, 0.05) is 12.1 Å². The maximum Gasteiger partial charge on any atom is 0.413 e. The first kappa shape index (κ1) is 13.8. The summed E-state index contributed by atoms with van der Waals surface area (Å²) in [6.07, 6.45) is -0.709. The molecule has 1 aromatic heterocycles. The zero-order valence-corrected chi connectivity index (χ0v) is 11.2. The summed E-state index contributed by atoms with van der Waals surface area (Å²) in [7, 11) is 0. The average molecular weight is 279 g/mol. The Hall–Kier alpha value is -2.64. The van der Waals surface area contributed by atoms with E-state index in [0.29, 0.717) is 11.0 Å². The highest BCUT2D eigenvalue weighted by Crippen LogP contribution is 2.27. The minimum atomic E-state index is -0.709. The molecule has 0 spiro atoms. The van der Waals surface area contributed by atoms with Crippen molar-refractivity contribution >= 4 is 28.6 Å². The number of nitro benzene ring substituents is 1. The van der Waals surface area contributed by atoms with Crippen LogP contribution in [0.3, 0.4) is 0 Å². The second-order valence-electron chi connectivity index (χ2n) is 5.10. The highest BCUT2D eigenvalue weighted by Gasteiger charge is 2.20. The third kappa shape index (κ3) is 3.02. The van der Waals surface area contributed by atoms with Gasteiger partial charge in [0.2, 0.25) is 0 Å². The molecule has 0 saturated heterocycles. The van der Waals surface area contributed by atoms with Gasteiger partial charge in [0.1, 0.15) is 5.60 Å². The molecular formula is C12H13N3O5. The molecular weight excluding hydrogens is 266 g/mol. The first-order valence-electron chi connectivity index (χ1n) is 5.80. The van der Waals surface area contributed by atoms with Gasteiger partial charge < -0.3 is 9.26 Å². The molecule has 0 atom stereocenters. The molecule has 0 aliphatic rings. The van der Waals surface area contributed by atoms with Crippen LogP contribution in [0, 0.1) is 10.1 Å². The van der Waals surface area contributed by atoms with Gasteiger partial charge in [0.25, 0.3) is 5.69 Å². The van der Waals surface area contributed by atoms with Crippen LogP contribution in [0.5, 0.6) is 0 Å². The molecule has 1 aromatic carbocycles. The molecule has 1 amide bonds. The number of nitrogens with zero attached hydrogens (tertiary/aromatic N) is 2. The number of hydrogen-bond donors (Lipinski definition) is 1. The summed E-state index contributed by atoms with van der Waals surface area (Å²) in [6.45, 7) is 5.16. The molecule has 2 rings (SSSR count).